The molecule has 1 aromatic heterocycles. The molecule has 1 unspecified atom stereocenters. The monoisotopic (exact) mass is 483 g/mol. The van der Waals surface area contributed by atoms with Gasteiger partial charge in [0, 0.05) is 31.2 Å². The van der Waals surface area contributed by atoms with Crippen molar-refractivity contribution in [3.8, 4) is 5.75 Å². The van der Waals surface area contributed by atoms with Crippen LogP contribution in [0.4, 0.5) is 0 Å². The molecule has 5 nitrogen and oxygen atoms in total. The highest BCUT2D eigenvalue weighted by Gasteiger charge is 2.22. The fourth-order valence-corrected chi connectivity index (χ4v) is 4.74. The van der Waals surface area contributed by atoms with Crippen molar-refractivity contribution in [3.63, 3.8) is 0 Å². The maximum absolute atomic E-state index is 10.8. The molecule has 4 rings (SSSR count). The van der Waals surface area contributed by atoms with E-state index in [-0.39, 0.29) is 12.6 Å². The summed E-state index contributed by atoms with van der Waals surface area (Å²) in [5, 5.41) is 11.7. The quantitative estimate of drug-likeness (QED) is 0.276. The van der Waals surface area contributed by atoms with Crippen LogP contribution in [0.1, 0.15) is 31.0 Å². The van der Waals surface area contributed by atoms with E-state index in [2.05, 4.69) is 89.3 Å². The van der Waals surface area contributed by atoms with Crippen LogP contribution in [0.2, 0.25) is 0 Å². The van der Waals surface area contributed by atoms with Gasteiger partial charge < -0.3 is 9.84 Å². The minimum atomic E-state index is -0.578. The largest absolute Gasteiger partial charge is 0.490 e. The lowest BCUT2D eigenvalue weighted by atomic mass is 9.97. The van der Waals surface area contributed by atoms with Gasteiger partial charge in [0.2, 0.25) is 0 Å². The molecule has 0 aliphatic heterocycles. The molecule has 4 aromatic rings. The number of hydrogen-bond acceptors (Lipinski definition) is 5. The van der Waals surface area contributed by atoms with Gasteiger partial charge >= 0.3 is 0 Å². The molecule has 0 fully saturated rings. The standard InChI is InChI=1S/C31H37N3O2/c1-3-33(23-27(35)24-36-30-19-11-18-29-28(30)17-12-20-32-29)21-22-34(4-2)31(25-13-7-5-8-14-25)26-15-9-6-10-16-26/h5-20,27,31,35H,3-4,21-24H2,1-2H3. The van der Waals surface area contributed by atoms with Crippen molar-refractivity contribution in [3.05, 3.63) is 108 Å². The zero-order valence-electron chi connectivity index (χ0n) is 21.3. The number of likely N-dealkylation sites (N-methyl/N-ethyl adjacent to an activating group) is 2. The fourth-order valence-electron chi connectivity index (χ4n) is 4.74. The van der Waals surface area contributed by atoms with Crippen LogP contribution in [0.5, 0.6) is 5.75 Å². The summed E-state index contributed by atoms with van der Waals surface area (Å²) in [7, 11) is 0. The van der Waals surface area contributed by atoms with Gasteiger partial charge in [-0.05, 0) is 48.5 Å². The van der Waals surface area contributed by atoms with Gasteiger partial charge in [0.05, 0.1) is 11.6 Å². The second-order valence-corrected chi connectivity index (χ2v) is 9.04. The Balaban J connectivity index is 1.37. The summed E-state index contributed by atoms with van der Waals surface area (Å²) < 4.78 is 6.00. The van der Waals surface area contributed by atoms with Crippen LogP contribution in [0.25, 0.3) is 10.9 Å². The highest BCUT2D eigenvalue weighted by Crippen LogP contribution is 2.28. The molecule has 0 amide bonds. The smallest absolute Gasteiger partial charge is 0.128 e. The van der Waals surface area contributed by atoms with Crippen molar-refractivity contribution in [1.82, 2.24) is 14.8 Å². The number of hydrogen-bond donors (Lipinski definition) is 1. The first-order valence-electron chi connectivity index (χ1n) is 12.9. The number of nitrogens with zero attached hydrogens (tertiary/aromatic N) is 3. The second kappa shape index (κ2) is 13.2. The minimum absolute atomic E-state index is 0.198. The van der Waals surface area contributed by atoms with Crippen molar-refractivity contribution in [1.29, 1.82) is 0 Å². The third kappa shape index (κ3) is 6.70. The van der Waals surface area contributed by atoms with Crippen LogP contribution in [-0.4, -0.2) is 65.3 Å². The van der Waals surface area contributed by atoms with Crippen molar-refractivity contribution >= 4 is 10.9 Å². The summed E-state index contributed by atoms with van der Waals surface area (Å²) in [5.41, 5.74) is 3.49. The van der Waals surface area contributed by atoms with E-state index < -0.39 is 6.10 Å². The summed E-state index contributed by atoms with van der Waals surface area (Å²) in [4.78, 5) is 9.20. The van der Waals surface area contributed by atoms with Crippen LogP contribution in [-0.2, 0) is 0 Å². The summed E-state index contributed by atoms with van der Waals surface area (Å²) in [6, 6.07) is 31.4. The van der Waals surface area contributed by atoms with Crippen molar-refractivity contribution < 1.29 is 9.84 Å². The van der Waals surface area contributed by atoms with Crippen molar-refractivity contribution in [2.24, 2.45) is 0 Å². The number of aliphatic hydroxyl groups excluding tert-OH is 1. The maximum Gasteiger partial charge on any atom is 0.128 e. The Bertz CT molecular complexity index is 1140. The van der Waals surface area contributed by atoms with E-state index in [0.29, 0.717) is 6.54 Å². The lowest BCUT2D eigenvalue weighted by Crippen LogP contribution is -2.41. The van der Waals surface area contributed by atoms with Crippen LogP contribution >= 0.6 is 0 Å². The molecule has 188 valence electrons. The van der Waals surface area contributed by atoms with E-state index in [1.54, 1.807) is 6.20 Å². The van der Waals surface area contributed by atoms with E-state index in [1.807, 2.05) is 30.3 Å². The molecule has 0 saturated heterocycles. The summed E-state index contributed by atoms with van der Waals surface area (Å²) in [6.07, 6.45) is 1.20. The highest BCUT2D eigenvalue weighted by molar-refractivity contribution is 5.84. The van der Waals surface area contributed by atoms with Crippen LogP contribution < -0.4 is 4.74 Å². The average Bonchev–Trinajstić information content (AvgIpc) is 2.94. The number of ether oxygens (including phenoxy) is 1. The molecule has 3 aromatic carbocycles. The van der Waals surface area contributed by atoms with Gasteiger partial charge in [0.25, 0.3) is 0 Å². The molecular weight excluding hydrogens is 446 g/mol. The molecule has 0 saturated carbocycles. The maximum atomic E-state index is 10.8. The number of pyridine rings is 1. The SMILES string of the molecule is CCN(CCN(CC)C(c1ccccc1)c1ccccc1)CC(O)COc1cccc2ncccc12. The van der Waals surface area contributed by atoms with Crippen molar-refractivity contribution in [2.45, 2.75) is 26.0 Å². The number of rotatable bonds is 13. The molecule has 0 aliphatic carbocycles. The lowest BCUT2D eigenvalue weighted by Gasteiger charge is -2.34. The number of benzene rings is 3. The topological polar surface area (TPSA) is 48.8 Å². The molecule has 0 aliphatic rings. The fraction of sp³-hybridized carbons (Fsp3) is 0.323. The van der Waals surface area contributed by atoms with Crippen LogP contribution in [0.3, 0.4) is 0 Å². The van der Waals surface area contributed by atoms with Gasteiger partial charge in [0.1, 0.15) is 18.5 Å². The van der Waals surface area contributed by atoms with Gasteiger partial charge in [-0.1, -0.05) is 80.6 Å². The van der Waals surface area contributed by atoms with Gasteiger partial charge in [0.15, 0.2) is 0 Å². The van der Waals surface area contributed by atoms with Crippen molar-refractivity contribution in [2.75, 3.05) is 39.3 Å². The first-order chi connectivity index (χ1) is 17.7. The van der Waals surface area contributed by atoms with E-state index >= 15 is 0 Å². The van der Waals surface area contributed by atoms with Crippen LogP contribution in [0.15, 0.2) is 97.2 Å². The first kappa shape index (κ1) is 25.8. The zero-order valence-corrected chi connectivity index (χ0v) is 21.3. The normalized spacial score (nSPS) is 12.5. The highest BCUT2D eigenvalue weighted by atomic mass is 16.5. The Morgan fingerprint density at radius 1 is 0.778 bits per heavy atom. The molecule has 36 heavy (non-hydrogen) atoms. The Kier molecular flexibility index (Phi) is 9.45. The van der Waals surface area contributed by atoms with Gasteiger partial charge in [-0.3, -0.25) is 14.8 Å². The number of aromatic nitrogens is 1. The molecule has 1 heterocycles. The Morgan fingerprint density at radius 3 is 2.11 bits per heavy atom. The lowest BCUT2D eigenvalue weighted by molar-refractivity contribution is 0.0652. The number of aliphatic hydroxyl groups is 1. The Labute approximate surface area is 215 Å². The molecule has 1 atom stereocenters. The minimum Gasteiger partial charge on any atom is -0.490 e. The van der Waals surface area contributed by atoms with Gasteiger partial charge in [-0.15, -0.1) is 0 Å². The van der Waals surface area contributed by atoms with E-state index in [1.165, 1.54) is 11.1 Å². The molecule has 0 radical (unpaired) electrons. The zero-order chi connectivity index (χ0) is 25.2. The van der Waals surface area contributed by atoms with E-state index in [0.717, 1.165) is 42.8 Å². The first-order valence-corrected chi connectivity index (χ1v) is 12.9. The van der Waals surface area contributed by atoms with Gasteiger partial charge in [-0.2, -0.15) is 0 Å². The predicted molar refractivity (Wildman–Crippen MR) is 147 cm³/mol. The van der Waals surface area contributed by atoms with E-state index in [9.17, 15) is 5.11 Å². The third-order valence-electron chi connectivity index (χ3n) is 6.66. The Morgan fingerprint density at radius 2 is 1.47 bits per heavy atom. The van der Waals surface area contributed by atoms with Gasteiger partial charge in [-0.25, -0.2) is 0 Å². The second-order valence-electron chi connectivity index (χ2n) is 9.04. The molecule has 0 spiro atoms. The molecule has 1 N–H and O–H groups in total. The Hall–Kier alpha value is -3.25. The summed E-state index contributed by atoms with van der Waals surface area (Å²) in [6.45, 7) is 8.76. The summed E-state index contributed by atoms with van der Waals surface area (Å²) >= 11 is 0. The average molecular weight is 484 g/mol. The van der Waals surface area contributed by atoms with E-state index in [4.69, 9.17) is 4.74 Å². The third-order valence-corrected chi connectivity index (χ3v) is 6.66. The molecular formula is C31H37N3O2. The number of fused-ring (bicyclic) bond motifs is 1. The molecule has 5 heteroatoms. The molecule has 0 bridgehead atoms. The predicted octanol–water partition coefficient (Wildman–Crippen LogP) is 5.41. The summed E-state index contributed by atoms with van der Waals surface area (Å²) in [5.74, 6) is 0.758. The van der Waals surface area contributed by atoms with Crippen LogP contribution in [0, 0.1) is 0 Å².